The molecule has 0 saturated carbocycles. The molecule has 0 aromatic rings. The molecule has 16 heavy (non-hydrogen) atoms. The number of rotatable bonds is 2. The number of alkyl halides is 3. The summed E-state index contributed by atoms with van der Waals surface area (Å²) < 4.78 is 8.29. The molecule has 1 aliphatic carbocycles. The fraction of sp³-hybridized carbons (Fsp3) is 0.500. The van der Waals surface area contributed by atoms with Crippen LogP contribution in [0.4, 0.5) is 0 Å². The smallest absolute Gasteiger partial charge is 0.261 e. The molecule has 0 aliphatic heterocycles. The summed E-state index contributed by atoms with van der Waals surface area (Å²) in [6.45, 7) is 1.67. The molecule has 0 fully saturated rings. The lowest BCUT2D eigenvalue weighted by Gasteiger charge is -2.33. The standard InChI is InChI=1S/C10H11Cl3O3/c1-9(10(11,12)13)4-6(15-2)8(14)7(5-9)16-3/h4-5H,1-3H3. The van der Waals surface area contributed by atoms with Crippen molar-refractivity contribution in [1.82, 2.24) is 0 Å². The number of hydrogen-bond donors (Lipinski definition) is 0. The van der Waals surface area contributed by atoms with Crippen LogP contribution in [0, 0.1) is 5.41 Å². The first-order valence-electron chi connectivity index (χ1n) is 4.40. The van der Waals surface area contributed by atoms with Crippen LogP contribution in [0.1, 0.15) is 6.92 Å². The van der Waals surface area contributed by atoms with E-state index in [0.717, 1.165) is 0 Å². The zero-order chi connectivity index (χ0) is 12.6. The Labute approximate surface area is 109 Å². The summed E-state index contributed by atoms with van der Waals surface area (Å²) >= 11 is 17.6. The Balaban J connectivity index is 3.27. The molecule has 0 N–H and O–H groups in total. The number of carbonyl (C=O) groups excluding carboxylic acids is 1. The average molecular weight is 286 g/mol. The van der Waals surface area contributed by atoms with Gasteiger partial charge in [-0.15, -0.1) is 0 Å². The molecule has 90 valence electrons. The minimum Gasteiger partial charge on any atom is -0.493 e. The molecule has 0 radical (unpaired) electrons. The van der Waals surface area contributed by atoms with Crippen molar-refractivity contribution in [3.63, 3.8) is 0 Å². The van der Waals surface area contributed by atoms with Gasteiger partial charge in [0.1, 0.15) is 0 Å². The van der Waals surface area contributed by atoms with Crippen molar-refractivity contribution in [1.29, 1.82) is 0 Å². The molecule has 1 rings (SSSR count). The second-order valence-electron chi connectivity index (χ2n) is 3.54. The van der Waals surface area contributed by atoms with Crippen molar-refractivity contribution in [3.05, 3.63) is 23.7 Å². The highest BCUT2D eigenvalue weighted by Gasteiger charge is 2.46. The van der Waals surface area contributed by atoms with E-state index in [9.17, 15) is 4.79 Å². The first-order valence-corrected chi connectivity index (χ1v) is 5.53. The molecule has 0 aromatic carbocycles. The fourth-order valence-corrected chi connectivity index (χ4v) is 1.63. The lowest BCUT2D eigenvalue weighted by atomic mass is 9.86. The lowest BCUT2D eigenvalue weighted by Crippen LogP contribution is -2.33. The first kappa shape index (κ1) is 13.7. The van der Waals surface area contributed by atoms with Crippen LogP contribution in [-0.2, 0) is 14.3 Å². The second kappa shape index (κ2) is 4.47. The van der Waals surface area contributed by atoms with Gasteiger partial charge in [-0.25, -0.2) is 0 Å². The third-order valence-corrected chi connectivity index (χ3v) is 3.58. The Bertz CT molecular complexity index is 342. The number of methoxy groups -OCH3 is 2. The van der Waals surface area contributed by atoms with E-state index in [4.69, 9.17) is 44.3 Å². The van der Waals surface area contributed by atoms with E-state index in [2.05, 4.69) is 0 Å². The van der Waals surface area contributed by atoms with Crippen LogP contribution < -0.4 is 0 Å². The van der Waals surface area contributed by atoms with E-state index in [-0.39, 0.29) is 17.3 Å². The maximum Gasteiger partial charge on any atom is 0.261 e. The molecule has 0 unspecified atom stereocenters. The van der Waals surface area contributed by atoms with E-state index in [1.54, 1.807) is 6.92 Å². The summed E-state index contributed by atoms with van der Waals surface area (Å²) in [5.74, 6) is -0.155. The molecule has 0 aromatic heterocycles. The van der Waals surface area contributed by atoms with Gasteiger partial charge < -0.3 is 9.47 Å². The van der Waals surface area contributed by atoms with Crippen molar-refractivity contribution >= 4 is 40.6 Å². The van der Waals surface area contributed by atoms with Gasteiger partial charge >= 0.3 is 0 Å². The van der Waals surface area contributed by atoms with Gasteiger partial charge in [0.15, 0.2) is 11.5 Å². The van der Waals surface area contributed by atoms with Crippen molar-refractivity contribution in [3.8, 4) is 0 Å². The van der Waals surface area contributed by atoms with Gasteiger partial charge in [0.2, 0.25) is 3.79 Å². The number of Topliss-reactive ketones (excluding diaryl/α,β-unsaturated/α-hetero) is 1. The monoisotopic (exact) mass is 284 g/mol. The normalized spacial score (nSPS) is 20.0. The largest absolute Gasteiger partial charge is 0.493 e. The Morgan fingerprint density at radius 1 is 1.12 bits per heavy atom. The van der Waals surface area contributed by atoms with Crippen LogP contribution in [0.15, 0.2) is 23.7 Å². The Morgan fingerprint density at radius 3 is 1.75 bits per heavy atom. The highest BCUT2D eigenvalue weighted by molar-refractivity contribution is 6.68. The summed E-state index contributed by atoms with van der Waals surface area (Å²) in [6.07, 6.45) is 2.95. The molecule has 3 nitrogen and oxygen atoms in total. The molecule has 0 saturated heterocycles. The third-order valence-electron chi connectivity index (χ3n) is 2.36. The van der Waals surface area contributed by atoms with E-state index in [1.165, 1.54) is 26.4 Å². The predicted octanol–water partition coefficient (Wildman–Crippen LogP) is 3.01. The maximum absolute atomic E-state index is 11.7. The summed E-state index contributed by atoms with van der Waals surface area (Å²) in [7, 11) is 2.75. The van der Waals surface area contributed by atoms with Crippen molar-refractivity contribution in [2.24, 2.45) is 5.41 Å². The average Bonchev–Trinajstić information content (AvgIpc) is 2.19. The SMILES string of the molecule is COC1=CC(C)(C(Cl)(Cl)Cl)C=C(OC)C1=O. The van der Waals surface area contributed by atoms with Crippen LogP contribution in [0.25, 0.3) is 0 Å². The molecular formula is C10H11Cl3O3. The molecule has 0 spiro atoms. The number of hydrogen-bond acceptors (Lipinski definition) is 3. The van der Waals surface area contributed by atoms with E-state index in [0.29, 0.717) is 0 Å². The van der Waals surface area contributed by atoms with Gasteiger partial charge in [0.25, 0.3) is 5.78 Å². The third kappa shape index (κ3) is 2.31. The zero-order valence-corrected chi connectivity index (χ0v) is 11.3. The van der Waals surface area contributed by atoms with E-state index >= 15 is 0 Å². The minimum absolute atomic E-state index is 0.105. The number of carbonyl (C=O) groups is 1. The molecule has 6 heteroatoms. The van der Waals surface area contributed by atoms with Gasteiger partial charge in [0, 0.05) is 0 Å². The van der Waals surface area contributed by atoms with E-state index in [1.807, 2.05) is 0 Å². The molecule has 0 atom stereocenters. The summed E-state index contributed by atoms with van der Waals surface area (Å²) in [4.78, 5) is 11.7. The van der Waals surface area contributed by atoms with E-state index < -0.39 is 9.21 Å². The lowest BCUT2D eigenvalue weighted by molar-refractivity contribution is -0.118. The zero-order valence-electron chi connectivity index (χ0n) is 9.01. The summed E-state index contributed by atoms with van der Waals surface area (Å²) in [5, 5.41) is 0. The quantitative estimate of drug-likeness (QED) is 0.732. The second-order valence-corrected chi connectivity index (χ2v) is 5.82. The molecule has 0 heterocycles. The molecular weight excluding hydrogens is 274 g/mol. The van der Waals surface area contributed by atoms with Gasteiger partial charge in [-0.2, -0.15) is 0 Å². The Morgan fingerprint density at radius 2 is 1.50 bits per heavy atom. The van der Waals surface area contributed by atoms with Crippen LogP contribution in [0.2, 0.25) is 0 Å². The van der Waals surface area contributed by atoms with Gasteiger partial charge in [0.05, 0.1) is 19.6 Å². The van der Waals surface area contributed by atoms with Crippen molar-refractivity contribution in [2.75, 3.05) is 14.2 Å². The number of halogens is 3. The van der Waals surface area contributed by atoms with Gasteiger partial charge in [-0.1, -0.05) is 34.8 Å². The van der Waals surface area contributed by atoms with Crippen LogP contribution in [0.3, 0.4) is 0 Å². The Kier molecular flexibility index (Phi) is 3.83. The van der Waals surface area contributed by atoms with Gasteiger partial charge in [-0.3, -0.25) is 4.79 Å². The fourth-order valence-electron chi connectivity index (χ4n) is 1.31. The highest BCUT2D eigenvalue weighted by atomic mass is 35.6. The topological polar surface area (TPSA) is 35.5 Å². The molecule has 0 amide bonds. The molecule has 1 aliphatic rings. The maximum atomic E-state index is 11.7. The Hall–Kier alpha value is -0.380. The summed E-state index contributed by atoms with van der Waals surface area (Å²) in [6, 6.07) is 0. The number of ketones is 1. The highest BCUT2D eigenvalue weighted by Crippen LogP contribution is 2.49. The molecule has 0 bridgehead atoms. The first-order chi connectivity index (χ1) is 7.25. The van der Waals surface area contributed by atoms with Crippen LogP contribution >= 0.6 is 34.8 Å². The van der Waals surface area contributed by atoms with Gasteiger partial charge in [-0.05, 0) is 19.1 Å². The number of ether oxygens (including phenoxy) is 2. The summed E-state index contributed by atoms with van der Waals surface area (Å²) in [5.41, 5.74) is -0.956. The minimum atomic E-state index is -1.60. The number of allylic oxidation sites excluding steroid dienone is 2. The van der Waals surface area contributed by atoms with Crippen LogP contribution in [-0.4, -0.2) is 23.8 Å². The van der Waals surface area contributed by atoms with Crippen molar-refractivity contribution in [2.45, 2.75) is 10.7 Å². The van der Waals surface area contributed by atoms with Crippen LogP contribution in [0.5, 0.6) is 0 Å². The predicted molar refractivity (Wildman–Crippen MR) is 63.6 cm³/mol. The van der Waals surface area contributed by atoms with Crippen molar-refractivity contribution < 1.29 is 14.3 Å².